The summed E-state index contributed by atoms with van der Waals surface area (Å²) >= 11 is 5.89. The van der Waals surface area contributed by atoms with E-state index in [1.807, 2.05) is 12.1 Å². The van der Waals surface area contributed by atoms with Crippen molar-refractivity contribution in [3.63, 3.8) is 0 Å². The number of pyridine rings is 1. The first-order valence-electron chi connectivity index (χ1n) is 10.7. The van der Waals surface area contributed by atoms with E-state index in [9.17, 15) is 18.0 Å². The molecule has 0 spiro atoms. The van der Waals surface area contributed by atoms with E-state index in [0.29, 0.717) is 23.1 Å². The SMILES string of the molecule is CCOC(=O)c1cnc2c(C(F)(F)F)cccc2c1Nc1ccc(OCc2ccc(Cl)cc2)cc1. The minimum Gasteiger partial charge on any atom is -0.489 e. The summed E-state index contributed by atoms with van der Waals surface area (Å²) in [5, 5.41) is 3.85. The highest BCUT2D eigenvalue weighted by atomic mass is 35.5. The maximum absolute atomic E-state index is 13.5. The molecular formula is C26H20ClF3N2O3. The van der Waals surface area contributed by atoms with Crippen molar-refractivity contribution in [3.8, 4) is 5.75 Å². The molecule has 0 unspecified atom stereocenters. The van der Waals surface area contributed by atoms with Crippen LogP contribution in [0, 0.1) is 0 Å². The Kier molecular flexibility index (Phi) is 7.12. The molecular weight excluding hydrogens is 481 g/mol. The summed E-state index contributed by atoms with van der Waals surface area (Å²) in [7, 11) is 0. The van der Waals surface area contributed by atoms with Crippen LogP contribution in [0.3, 0.4) is 0 Å². The molecule has 5 nitrogen and oxygen atoms in total. The number of ether oxygens (including phenoxy) is 2. The number of carbonyl (C=O) groups excluding carboxylic acids is 1. The second-order valence-corrected chi connectivity index (χ2v) is 7.97. The van der Waals surface area contributed by atoms with Crippen molar-refractivity contribution in [2.75, 3.05) is 11.9 Å². The molecule has 0 aliphatic rings. The lowest BCUT2D eigenvalue weighted by atomic mass is 10.0. The van der Waals surface area contributed by atoms with Crippen LogP contribution in [0.25, 0.3) is 10.9 Å². The summed E-state index contributed by atoms with van der Waals surface area (Å²) in [6.07, 6.45) is -3.50. The Balaban J connectivity index is 1.64. The Morgan fingerprint density at radius 1 is 1.03 bits per heavy atom. The topological polar surface area (TPSA) is 60.5 Å². The number of benzene rings is 3. The number of nitrogens with zero attached hydrogens (tertiary/aromatic N) is 1. The number of para-hydroxylation sites is 1. The fraction of sp³-hybridized carbons (Fsp3) is 0.154. The third-order valence-electron chi connectivity index (χ3n) is 5.14. The van der Waals surface area contributed by atoms with Crippen molar-refractivity contribution >= 4 is 39.8 Å². The monoisotopic (exact) mass is 500 g/mol. The van der Waals surface area contributed by atoms with Crippen LogP contribution < -0.4 is 10.1 Å². The number of fused-ring (bicyclic) bond motifs is 1. The first-order valence-corrected chi connectivity index (χ1v) is 11.0. The van der Waals surface area contributed by atoms with Crippen molar-refractivity contribution in [3.05, 3.63) is 94.6 Å². The van der Waals surface area contributed by atoms with Crippen LogP contribution in [0.5, 0.6) is 5.75 Å². The molecule has 0 saturated carbocycles. The van der Waals surface area contributed by atoms with E-state index in [0.717, 1.165) is 17.8 Å². The highest BCUT2D eigenvalue weighted by Gasteiger charge is 2.34. The molecule has 35 heavy (non-hydrogen) atoms. The van der Waals surface area contributed by atoms with Crippen LogP contribution in [0.1, 0.15) is 28.4 Å². The number of halogens is 4. The lowest BCUT2D eigenvalue weighted by Gasteiger charge is -2.17. The van der Waals surface area contributed by atoms with Gasteiger partial charge in [-0.15, -0.1) is 0 Å². The number of anilines is 2. The standard InChI is InChI=1S/C26H20ClF3N2O3/c1-2-34-25(33)21-14-31-24-20(4-3-5-22(24)26(28,29)30)23(21)32-18-10-12-19(13-11-18)35-15-16-6-8-17(27)9-7-16/h3-14H,2,15H2,1H3,(H,31,32). The molecule has 180 valence electrons. The summed E-state index contributed by atoms with van der Waals surface area (Å²) in [4.78, 5) is 16.5. The van der Waals surface area contributed by atoms with E-state index in [-0.39, 0.29) is 28.8 Å². The summed E-state index contributed by atoms with van der Waals surface area (Å²) in [6.45, 7) is 2.09. The number of rotatable bonds is 7. The summed E-state index contributed by atoms with van der Waals surface area (Å²) < 4.78 is 51.5. The van der Waals surface area contributed by atoms with Crippen molar-refractivity contribution < 1.29 is 27.4 Å². The largest absolute Gasteiger partial charge is 0.489 e. The molecule has 0 saturated heterocycles. The second kappa shape index (κ2) is 10.2. The van der Waals surface area contributed by atoms with Gasteiger partial charge in [0.05, 0.1) is 23.4 Å². The molecule has 4 aromatic rings. The Bertz CT molecular complexity index is 1340. The molecule has 1 heterocycles. The van der Waals surface area contributed by atoms with E-state index >= 15 is 0 Å². The highest BCUT2D eigenvalue weighted by molar-refractivity contribution is 6.30. The predicted octanol–water partition coefficient (Wildman–Crippen LogP) is 7.41. The van der Waals surface area contributed by atoms with Gasteiger partial charge in [0.1, 0.15) is 17.9 Å². The molecule has 0 amide bonds. The van der Waals surface area contributed by atoms with Crippen molar-refractivity contribution in [2.24, 2.45) is 0 Å². The Morgan fingerprint density at radius 2 is 1.74 bits per heavy atom. The molecule has 0 fully saturated rings. The maximum Gasteiger partial charge on any atom is 0.418 e. The molecule has 0 aliphatic carbocycles. The van der Waals surface area contributed by atoms with Crippen LogP contribution in [-0.4, -0.2) is 17.6 Å². The fourth-order valence-corrected chi connectivity index (χ4v) is 3.60. The number of hydrogen-bond acceptors (Lipinski definition) is 5. The number of alkyl halides is 3. The molecule has 1 aromatic heterocycles. The summed E-state index contributed by atoms with van der Waals surface area (Å²) in [5.74, 6) is -0.0974. The third kappa shape index (κ3) is 5.66. The van der Waals surface area contributed by atoms with E-state index < -0.39 is 17.7 Å². The van der Waals surface area contributed by atoms with Crippen molar-refractivity contribution in [1.29, 1.82) is 0 Å². The molecule has 0 aliphatic heterocycles. The number of esters is 1. The quantitative estimate of drug-likeness (QED) is 0.268. The number of hydrogen-bond donors (Lipinski definition) is 1. The van der Waals surface area contributed by atoms with Gasteiger partial charge in [-0.2, -0.15) is 13.2 Å². The zero-order chi connectivity index (χ0) is 25.0. The molecule has 0 radical (unpaired) electrons. The van der Waals surface area contributed by atoms with Gasteiger partial charge in [-0.1, -0.05) is 35.9 Å². The zero-order valence-electron chi connectivity index (χ0n) is 18.5. The van der Waals surface area contributed by atoms with Gasteiger partial charge < -0.3 is 14.8 Å². The minimum atomic E-state index is -4.60. The molecule has 0 atom stereocenters. The van der Waals surface area contributed by atoms with Gasteiger partial charge in [0.15, 0.2) is 0 Å². The van der Waals surface area contributed by atoms with Crippen LogP contribution in [-0.2, 0) is 17.5 Å². The van der Waals surface area contributed by atoms with Crippen LogP contribution in [0.2, 0.25) is 5.02 Å². The van der Waals surface area contributed by atoms with E-state index in [4.69, 9.17) is 21.1 Å². The van der Waals surface area contributed by atoms with Crippen molar-refractivity contribution in [2.45, 2.75) is 19.7 Å². The van der Waals surface area contributed by atoms with Crippen LogP contribution in [0.15, 0.2) is 72.9 Å². The Hall–Kier alpha value is -3.78. The smallest absolute Gasteiger partial charge is 0.418 e. The maximum atomic E-state index is 13.5. The first-order chi connectivity index (χ1) is 16.8. The predicted molar refractivity (Wildman–Crippen MR) is 128 cm³/mol. The van der Waals surface area contributed by atoms with E-state index in [2.05, 4.69) is 10.3 Å². The second-order valence-electron chi connectivity index (χ2n) is 7.53. The highest BCUT2D eigenvalue weighted by Crippen LogP contribution is 2.38. The number of carbonyl (C=O) groups is 1. The molecule has 1 N–H and O–H groups in total. The third-order valence-corrected chi connectivity index (χ3v) is 5.39. The van der Waals surface area contributed by atoms with Crippen molar-refractivity contribution in [1.82, 2.24) is 4.98 Å². The molecule has 3 aromatic carbocycles. The van der Waals surface area contributed by atoms with Gasteiger partial charge in [0.2, 0.25) is 0 Å². The van der Waals surface area contributed by atoms with Crippen LogP contribution in [0.4, 0.5) is 24.5 Å². The Morgan fingerprint density at radius 3 is 2.40 bits per heavy atom. The van der Waals surface area contributed by atoms with E-state index in [1.165, 1.54) is 12.1 Å². The van der Waals surface area contributed by atoms with Gasteiger partial charge in [0, 0.05) is 22.3 Å². The van der Waals surface area contributed by atoms with Crippen LogP contribution >= 0.6 is 11.6 Å². The zero-order valence-corrected chi connectivity index (χ0v) is 19.3. The first kappa shape index (κ1) is 24.3. The lowest BCUT2D eigenvalue weighted by molar-refractivity contribution is -0.136. The number of aromatic nitrogens is 1. The fourth-order valence-electron chi connectivity index (χ4n) is 3.48. The average Bonchev–Trinajstić information content (AvgIpc) is 2.84. The van der Waals surface area contributed by atoms with Gasteiger partial charge >= 0.3 is 12.1 Å². The normalized spacial score (nSPS) is 11.3. The van der Waals surface area contributed by atoms with E-state index in [1.54, 1.807) is 43.3 Å². The van der Waals surface area contributed by atoms with Gasteiger partial charge in [-0.25, -0.2) is 4.79 Å². The molecule has 0 bridgehead atoms. The lowest BCUT2D eigenvalue weighted by Crippen LogP contribution is -2.11. The average molecular weight is 501 g/mol. The Labute approximate surface area is 204 Å². The van der Waals surface area contributed by atoms with Gasteiger partial charge in [-0.05, 0) is 55.0 Å². The van der Waals surface area contributed by atoms with Gasteiger partial charge in [0.25, 0.3) is 0 Å². The summed E-state index contributed by atoms with van der Waals surface area (Å²) in [6, 6.07) is 17.8. The number of nitrogens with one attached hydrogen (secondary N) is 1. The summed E-state index contributed by atoms with van der Waals surface area (Å²) in [5.41, 5.74) is 0.535. The minimum absolute atomic E-state index is 0.0294. The molecule has 4 rings (SSSR count). The van der Waals surface area contributed by atoms with Gasteiger partial charge in [-0.3, -0.25) is 4.98 Å². The molecule has 9 heteroatoms.